The molecule has 0 radical (unpaired) electrons. The molecule has 0 atom stereocenters. The second kappa shape index (κ2) is 8.86. The number of H-pyrrole nitrogens is 2. The van der Waals surface area contributed by atoms with E-state index in [1.54, 1.807) is 43.1 Å². The van der Waals surface area contributed by atoms with Crippen molar-refractivity contribution in [1.82, 2.24) is 40.0 Å². The first kappa shape index (κ1) is 21.8. The van der Waals surface area contributed by atoms with Crippen LogP contribution in [0.25, 0.3) is 55.8 Å². The molecule has 1 fully saturated rings. The molecule has 0 unspecified atom stereocenters. The summed E-state index contributed by atoms with van der Waals surface area (Å²) < 4.78 is 14.7. The van der Waals surface area contributed by atoms with Gasteiger partial charge in [-0.05, 0) is 67.4 Å². The third-order valence-corrected chi connectivity index (χ3v) is 6.91. The average molecular weight is 491 g/mol. The monoisotopic (exact) mass is 490 g/mol. The van der Waals surface area contributed by atoms with E-state index in [1.807, 2.05) is 24.3 Å². The van der Waals surface area contributed by atoms with Gasteiger partial charge in [-0.15, -0.1) is 0 Å². The van der Waals surface area contributed by atoms with Crippen LogP contribution in [-0.4, -0.2) is 53.1 Å². The zero-order chi connectivity index (χ0) is 24.8. The highest BCUT2D eigenvalue weighted by Gasteiger charge is 2.18. The van der Waals surface area contributed by atoms with Gasteiger partial charge in [-0.2, -0.15) is 5.10 Å². The second-order valence-electron chi connectivity index (χ2n) is 9.44. The summed E-state index contributed by atoms with van der Waals surface area (Å²) in [5.74, 6) is 0.360. The SMILES string of the molecule is Fc1cc(CN2CCCC2)cc(-c2cncc3[nH]c(-c4[nH]nc5ncc(-c6cccnc6)cc45)nc23)c1. The van der Waals surface area contributed by atoms with E-state index in [0.717, 1.165) is 69.6 Å². The molecule has 8 nitrogen and oxygen atoms in total. The Bertz CT molecular complexity index is 1730. The molecule has 1 aliphatic rings. The van der Waals surface area contributed by atoms with Gasteiger partial charge in [-0.25, -0.2) is 14.4 Å². The van der Waals surface area contributed by atoms with Crippen LogP contribution in [0.3, 0.4) is 0 Å². The lowest BCUT2D eigenvalue weighted by atomic mass is 10.0. The first-order valence-corrected chi connectivity index (χ1v) is 12.3. The number of halogens is 1. The van der Waals surface area contributed by atoms with Crippen molar-refractivity contribution >= 4 is 22.1 Å². The fourth-order valence-electron chi connectivity index (χ4n) is 5.13. The number of pyridine rings is 3. The number of nitrogens with zero attached hydrogens (tertiary/aromatic N) is 6. The highest BCUT2D eigenvalue weighted by Crippen LogP contribution is 2.33. The summed E-state index contributed by atoms with van der Waals surface area (Å²) >= 11 is 0. The van der Waals surface area contributed by atoms with Crippen molar-refractivity contribution in [3.05, 3.63) is 78.8 Å². The molecule has 0 saturated carbocycles. The molecule has 6 aromatic rings. The number of rotatable bonds is 5. The minimum absolute atomic E-state index is 0.256. The minimum atomic E-state index is -0.256. The van der Waals surface area contributed by atoms with Crippen LogP contribution >= 0.6 is 0 Å². The fourth-order valence-corrected chi connectivity index (χ4v) is 5.13. The number of likely N-dealkylation sites (tertiary alicyclic amines) is 1. The van der Waals surface area contributed by atoms with E-state index in [2.05, 4.69) is 35.0 Å². The zero-order valence-corrected chi connectivity index (χ0v) is 19.9. The normalized spacial score (nSPS) is 14.2. The van der Waals surface area contributed by atoms with Crippen LogP contribution in [0.15, 0.2) is 67.4 Å². The molecule has 1 saturated heterocycles. The van der Waals surface area contributed by atoms with Crippen molar-refractivity contribution in [3.8, 4) is 33.8 Å². The number of aromatic nitrogens is 7. The van der Waals surface area contributed by atoms with Crippen LogP contribution in [0.5, 0.6) is 0 Å². The lowest BCUT2D eigenvalue weighted by molar-refractivity contribution is 0.331. The molecule has 182 valence electrons. The molecule has 0 amide bonds. The molecule has 7 rings (SSSR count). The summed E-state index contributed by atoms with van der Waals surface area (Å²) in [6, 6.07) is 11.1. The number of nitrogens with one attached hydrogen (secondary N) is 2. The standard InChI is InChI=1S/C28H23FN8/c29-21-9-17(16-37-6-1-2-7-37)8-19(10-21)23-14-31-15-24-25(23)34-28(33-24)26-22-11-20(13-32-27(22)36-35-26)18-4-3-5-30-12-18/h3-5,8-15H,1-2,6-7,16H2,(H,33,34)(H,32,35,36). The second-order valence-corrected chi connectivity index (χ2v) is 9.44. The number of aromatic amines is 2. The Kier molecular flexibility index (Phi) is 5.21. The molecule has 6 heterocycles. The van der Waals surface area contributed by atoms with Gasteiger partial charge >= 0.3 is 0 Å². The topological polar surface area (TPSA) is 99.3 Å². The summed E-state index contributed by atoms with van der Waals surface area (Å²) in [5.41, 5.74) is 7.21. The largest absolute Gasteiger partial charge is 0.335 e. The van der Waals surface area contributed by atoms with E-state index in [4.69, 9.17) is 4.98 Å². The van der Waals surface area contributed by atoms with Crippen molar-refractivity contribution in [2.75, 3.05) is 13.1 Å². The average Bonchev–Trinajstić information content (AvgIpc) is 3.67. The third-order valence-electron chi connectivity index (χ3n) is 6.91. The van der Waals surface area contributed by atoms with Crippen LogP contribution < -0.4 is 0 Å². The van der Waals surface area contributed by atoms with Gasteiger partial charge in [0, 0.05) is 48.0 Å². The van der Waals surface area contributed by atoms with Gasteiger partial charge in [-0.1, -0.05) is 6.07 Å². The van der Waals surface area contributed by atoms with Gasteiger partial charge in [-0.3, -0.25) is 20.0 Å². The fraction of sp³-hybridized carbons (Fsp3) is 0.179. The van der Waals surface area contributed by atoms with Crippen molar-refractivity contribution < 1.29 is 4.39 Å². The molecule has 1 aromatic carbocycles. The Balaban J connectivity index is 1.31. The molecule has 2 N–H and O–H groups in total. The highest BCUT2D eigenvalue weighted by atomic mass is 19.1. The molecule has 9 heteroatoms. The van der Waals surface area contributed by atoms with Crippen molar-refractivity contribution in [2.24, 2.45) is 0 Å². The smallest absolute Gasteiger partial charge is 0.181 e. The minimum Gasteiger partial charge on any atom is -0.335 e. The van der Waals surface area contributed by atoms with E-state index in [0.29, 0.717) is 11.5 Å². The van der Waals surface area contributed by atoms with Crippen LogP contribution in [0.1, 0.15) is 18.4 Å². The van der Waals surface area contributed by atoms with E-state index in [1.165, 1.54) is 12.8 Å². The van der Waals surface area contributed by atoms with E-state index in [9.17, 15) is 4.39 Å². The summed E-state index contributed by atoms with van der Waals surface area (Å²) in [6.45, 7) is 2.86. The van der Waals surface area contributed by atoms with E-state index >= 15 is 0 Å². The van der Waals surface area contributed by atoms with Crippen LogP contribution in [0, 0.1) is 5.82 Å². The molecule has 1 aliphatic heterocycles. The predicted molar refractivity (Wildman–Crippen MR) is 140 cm³/mol. The first-order valence-electron chi connectivity index (χ1n) is 12.3. The quantitative estimate of drug-likeness (QED) is 0.338. The number of hydrogen-bond acceptors (Lipinski definition) is 6. The van der Waals surface area contributed by atoms with Gasteiger partial charge in [0.25, 0.3) is 0 Å². The van der Waals surface area contributed by atoms with Gasteiger partial charge in [0.05, 0.1) is 22.6 Å². The maximum atomic E-state index is 14.7. The Labute approximate surface area is 211 Å². The van der Waals surface area contributed by atoms with Crippen molar-refractivity contribution in [3.63, 3.8) is 0 Å². The van der Waals surface area contributed by atoms with E-state index in [-0.39, 0.29) is 5.82 Å². The molecular formula is C28H23FN8. The summed E-state index contributed by atoms with van der Waals surface area (Å²) in [4.78, 5) is 23.8. The van der Waals surface area contributed by atoms with Gasteiger partial charge in [0.15, 0.2) is 11.5 Å². The van der Waals surface area contributed by atoms with Crippen LogP contribution in [0.2, 0.25) is 0 Å². The summed E-state index contributed by atoms with van der Waals surface area (Å²) in [7, 11) is 0. The Morgan fingerprint density at radius 2 is 1.84 bits per heavy atom. The Hall–Kier alpha value is -4.50. The molecule has 37 heavy (non-hydrogen) atoms. The number of benzene rings is 1. The number of fused-ring (bicyclic) bond motifs is 2. The molecule has 0 spiro atoms. The predicted octanol–water partition coefficient (Wildman–Crippen LogP) is 5.36. The van der Waals surface area contributed by atoms with Crippen molar-refractivity contribution in [1.29, 1.82) is 0 Å². The summed E-state index contributed by atoms with van der Waals surface area (Å²) in [6.07, 6.45) is 11.2. The maximum Gasteiger partial charge on any atom is 0.181 e. The number of imidazole rings is 1. The maximum absolute atomic E-state index is 14.7. The zero-order valence-electron chi connectivity index (χ0n) is 19.9. The molecule has 0 aliphatic carbocycles. The number of hydrogen-bond donors (Lipinski definition) is 2. The molecular weight excluding hydrogens is 467 g/mol. The Morgan fingerprint density at radius 3 is 2.70 bits per heavy atom. The third kappa shape index (κ3) is 4.03. The lowest BCUT2D eigenvalue weighted by Gasteiger charge is -2.15. The van der Waals surface area contributed by atoms with E-state index < -0.39 is 0 Å². The van der Waals surface area contributed by atoms with Gasteiger partial charge < -0.3 is 4.98 Å². The molecule has 5 aromatic heterocycles. The van der Waals surface area contributed by atoms with Crippen molar-refractivity contribution in [2.45, 2.75) is 19.4 Å². The van der Waals surface area contributed by atoms with Crippen LogP contribution in [0.4, 0.5) is 4.39 Å². The van der Waals surface area contributed by atoms with Gasteiger partial charge in [0.2, 0.25) is 0 Å². The lowest BCUT2D eigenvalue weighted by Crippen LogP contribution is -2.18. The summed E-state index contributed by atoms with van der Waals surface area (Å²) in [5, 5.41) is 8.29. The van der Waals surface area contributed by atoms with Crippen LogP contribution in [-0.2, 0) is 6.54 Å². The van der Waals surface area contributed by atoms with Gasteiger partial charge in [0.1, 0.15) is 11.5 Å². The first-order chi connectivity index (χ1) is 18.2. The highest BCUT2D eigenvalue weighted by molar-refractivity contribution is 5.96. The molecule has 0 bridgehead atoms. The Morgan fingerprint density at radius 1 is 0.919 bits per heavy atom.